The van der Waals surface area contributed by atoms with Gasteiger partial charge in [-0.3, -0.25) is 14.3 Å². The number of carbonyl (C=O) groups excluding carboxylic acids is 2. The largest absolute Gasteiger partial charge is 0.497 e. The molecule has 10 heteroatoms. The molecule has 2 aromatic carbocycles. The van der Waals surface area contributed by atoms with E-state index in [1.54, 1.807) is 30.1 Å². The van der Waals surface area contributed by atoms with Gasteiger partial charge >= 0.3 is 0 Å². The number of methoxy groups -OCH3 is 1. The molecule has 0 spiro atoms. The number of piperazine rings is 1. The second kappa shape index (κ2) is 12.4. The normalized spacial score (nSPS) is 13.6. The number of likely N-dealkylation sites (N-methyl/N-ethyl adjacent to an activating group) is 1. The number of benzene rings is 2. The van der Waals surface area contributed by atoms with E-state index in [1.165, 1.54) is 0 Å². The van der Waals surface area contributed by atoms with Crippen molar-refractivity contribution in [1.82, 2.24) is 25.0 Å². The molecule has 40 heavy (non-hydrogen) atoms. The van der Waals surface area contributed by atoms with Crippen molar-refractivity contribution in [3.63, 3.8) is 0 Å². The Hall–Kier alpha value is -4.70. The summed E-state index contributed by atoms with van der Waals surface area (Å²) in [6.45, 7) is 4.47. The van der Waals surface area contributed by atoms with Crippen molar-refractivity contribution in [2.75, 3.05) is 50.6 Å². The van der Waals surface area contributed by atoms with Crippen LogP contribution in [-0.2, 0) is 13.1 Å². The Morgan fingerprint density at radius 2 is 1.65 bits per heavy atom. The molecule has 0 aliphatic carbocycles. The van der Waals surface area contributed by atoms with Crippen molar-refractivity contribution in [1.29, 1.82) is 0 Å². The predicted octanol–water partition coefficient (Wildman–Crippen LogP) is 3.27. The van der Waals surface area contributed by atoms with Crippen LogP contribution in [0.15, 0.2) is 79.0 Å². The van der Waals surface area contributed by atoms with E-state index in [4.69, 9.17) is 4.74 Å². The van der Waals surface area contributed by atoms with Gasteiger partial charge in [-0.2, -0.15) is 5.10 Å². The Kier molecular flexibility index (Phi) is 8.36. The molecule has 0 atom stereocenters. The van der Waals surface area contributed by atoms with Gasteiger partial charge in [-0.1, -0.05) is 42.5 Å². The van der Waals surface area contributed by atoms with E-state index in [9.17, 15) is 9.59 Å². The zero-order chi connectivity index (χ0) is 27.9. The van der Waals surface area contributed by atoms with E-state index in [-0.39, 0.29) is 17.6 Å². The summed E-state index contributed by atoms with van der Waals surface area (Å²) in [6, 6.07) is 22.4. The van der Waals surface area contributed by atoms with E-state index >= 15 is 0 Å². The predicted molar refractivity (Wildman–Crippen MR) is 154 cm³/mol. The lowest BCUT2D eigenvalue weighted by Gasteiger charge is -2.33. The van der Waals surface area contributed by atoms with Crippen LogP contribution >= 0.6 is 0 Å². The Bertz CT molecular complexity index is 1430. The highest BCUT2D eigenvalue weighted by atomic mass is 16.5. The molecule has 0 unspecified atom stereocenters. The maximum atomic E-state index is 13.2. The van der Waals surface area contributed by atoms with E-state index in [0.717, 1.165) is 48.9 Å². The summed E-state index contributed by atoms with van der Waals surface area (Å²) in [5.41, 5.74) is 2.67. The molecule has 0 saturated carbocycles. The number of hydrogen-bond donors (Lipinski definition) is 2. The van der Waals surface area contributed by atoms with Gasteiger partial charge in [-0.05, 0) is 42.4 Å². The van der Waals surface area contributed by atoms with Crippen LogP contribution in [0.25, 0.3) is 0 Å². The maximum Gasteiger partial charge on any atom is 0.269 e. The van der Waals surface area contributed by atoms with Crippen LogP contribution in [0.1, 0.15) is 32.0 Å². The van der Waals surface area contributed by atoms with Crippen LogP contribution in [0.5, 0.6) is 5.75 Å². The minimum atomic E-state index is -0.345. The first-order chi connectivity index (χ1) is 19.5. The summed E-state index contributed by atoms with van der Waals surface area (Å²) < 4.78 is 6.84. The molecule has 0 bridgehead atoms. The summed E-state index contributed by atoms with van der Waals surface area (Å²) in [5.74, 6) is 1.24. The third kappa shape index (κ3) is 6.65. The fourth-order valence-electron chi connectivity index (χ4n) is 4.49. The highest BCUT2D eigenvalue weighted by Gasteiger charge is 2.19. The average molecular weight is 540 g/mol. The van der Waals surface area contributed by atoms with Gasteiger partial charge in [0, 0.05) is 45.0 Å². The van der Waals surface area contributed by atoms with E-state index in [0.29, 0.717) is 24.3 Å². The third-order valence-corrected chi connectivity index (χ3v) is 6.88. The summed E-state index contributed by atoms with van der Waals surface area (Å²) in [5, 5.41) is 10.3. The molecule has 2 amide bonds. The number of anilines is 2. The van der Waals surface area contributed by atoms with Crippen LogP contribution < -0.4 is 20.3 Å². The Labute approximate surface area is 233 Å². The highest BCUT2D eigenvalue weighted by molar-refractivity contribution is 6.04. The number of hydrogen-bond acceptors (Lipinski definition) is 7. The van der Waals surface area contributed by atoms with Gasteiger partial charge < -0.3 is 25.2 Å². The number of pyridine rings is 1. The van der Waals surface area contributed by atoms with Gasteiger partial charge in [0.15, 0.2) is 5.82 Å². The SMILES string of the molecule is COc1ccc(Cn2nc(NC(=O)c3ccc(N4CCN(C)CC4)nc3)cc2C(=O)NCc2ccccc2)cc1. The molecule has 2 aromatic heterocycles. The zero-order valence-corrected chi connectivity index (χ0v) is 22.7. The fraction of sp³-hybridized carbons (Fsp3) is 0.267. The van der Waals surface area contributed by atoms with Crippen molar-refractivity contribution >= 4 is 23.5 Å². The fourth-order valence-corrected chi connectivity index (χ4v) is 4.49. The summed E-state index contributed by atoms with van der Waals surface area (Å²) >= 11 is 0. The first kappa shape index (κ1) is 26.9. The van der Waals surface area contributed by atoms with E-state index in [1.807, 2.05) is 60.7 Å². The number of aromatic nitrogens is 3. The number of amides is 2. The molecule has 4 aromatic rings. The molecule has 2 N–H and O–H groups in total. The van der Waals surface area contributed by atoms with Crippen molar-refractivity contribution in [3.05, 3.63) is 101 Å². The molecular formula is C30H33N7O3. The van der Waals surface area contributed by atoms with E-state index in [2.05, 4.69) is 37.6 Å². The molecule has 206 valence electrons. The molecular weight excluding hydrogens is 506 g/mol. The lowest BCUT2D eigenvalue weighted by atomic mass is 10.2. The quantitative estimate of drug-likeness (QED) is 0.336. The first-order valence-corrected chi connectivity index (χ1v) is 13.2. The first-order valence-electron chi connectivity index (χ1n) is 13.2. The van der Waals surface area contributed by atoms with Crippen LogP contribution in [0.4, 0.5) is 11.6 Å². The maximum absolute atomic E-state index is 13.2. The van der Waals surface area contributed by atoms with Gasteiger partial charge in [0.1, 0.15) is 17.3 Å². The van der Waals surface area contributed by atoms with Gasteiger partial charge in [0.25, 0.3) is 11.8 Å². The topological polar surface area (TPSA) is 105 Å². The Morgan fingerprint density at radius 1 is 0.900 bits per heavy atom. The lowest BCUT2D eigenvalue weighted by molar-refractivity contribution is 0.0939. The summed E-state index contributed by atoms with van der Waals surface area (Å²) in [6.07, 6.45) is 1.57. The van der Waals surface area contributed by atoms with Crippen LogP contribution in [0.3, 0.4) is 0 Å². The molecule has 1 fully saturated rings. The highest BCUT2D eigenvalue weighted by Crippen LogP contribution is 2.18. The van der Waals surface area contributed by atoms with Gasteiger partial charge in [0.05, 0.1) is 19.2 Å². The third-order valence-electron chi connectivity index (χ3n) is 6.88. The van der Waals surface area contributed by atoms with Crippen molar-refractivity contribution in [2.24, 2.45) is 0 Å². The zero-order valence-electron chi connectivity index (χ0n) is 22.7. The van der Waals surface area contributed by atoms with Crippen molar-refractivity contribution in [3.8, 4) is 5.75 Å². The number of rotatable bonds is 9. The lowest BCUT2D eigenvalue weighted by Crippen LogP contribution is -2.44. The number of ether oxygens (including phenoxy) is 1. The molecule has 3 heterocycles. The Morgan fingerprint density at radius 3 is 2.33 bits per heavy atom. The Balaban J connectivity index is 1.31. The van der Waals surface area contributed by atoms with Gasteiger partial charge in [0.2, 0.25) is 0 Å². The number of nitrogens with zero attached hydrogens (tertiary/aromatic N) is 5. The average Bonchev–Trinajstić information content (AvgIpc) is 3.39. The molecule has 10 nitrogen and oxygen atoms in total. The van der Waals surface area contributed by atoms with Crippen LogP contribution in [0, 0.1) is 0 Å². The van der Waals surface area contributed by atoms with Gasteiger partial charge in [-0.25, -0.2) is 4.98 Å². The smallest absolute Gasteiger partial charge is 0.269 e. The minimum Gasteiger partial charge on any atom is -0.497 e. The second-order valence-corrected chi connectivity index (χ2v) is 9.74. The summed E-state index contributed by atoms with van der Waals surface area (Å²) in [7, 11) is 3.72. The summed E-state index contributed by atoms with van der Waals surface area (Å²) in [4.78, 5) is 35.2. The van der Waals surface area contributed by atoms with Crippen LogP contribution in [-0.4, -0.2) is 71.8 Å². The van der Waals surface area contributed by atoms with Crippen molar-refractivity contribution < 1.29 is 14.3 Å². The minimum absolute atomic E-state index is 0.284. The van der Waals surface area contributed by atoms with Gasteiger partial charge in [-0.15, -0.1) is 0 Å². The monoisotopic (exact) mass is 539 g/mol. The molecule has 0 radical (unpaired) electrons. The molecule has 5 rings (SSSR count). The molecule has 1 aliphatic rings. The van der Waals surface area contributed by atoms with E-state index < -0.39 is 0 Å². The standard InChI is InChI=1S/C30H33N7O3/c1-35-14-16-36(17-15-35)28-13-10-24(20-31-28)29(38)33-27-18-26(30(39)32-19-22-6-4-3-5-7-22)37(34-27)21-23-8-11-25(40-2)12-9-23/h3-13,18,20H,14-17,19,21H2,1-2H3,(H,32,39)(H,33,34,38). The number of carbonyl (C=O) groups is 2. The molecule has 1 saturated heterocycles. The number of nitrogens with one attached hydrogen (secondary N) is 2. The molecule has 1 aliphatic heterocycles. The van der Waals surface area contributed by atoms with Crippen molar-refractivity contribution in [2.45, 2.75) is 13.1 Å². The second-order valence-electron chi connectivity index (χ2n) is 9.74. The van der Waals surface area contributed by atoms with Crippen LogP contribution in [0.2, 0.25) is 0 Å².